The van der Waals surface area contributed by atoms with Crippen LogP contribution >= 0.6 is 0 Å². The summed E-state index contributed by atoms with van der Waals surface area (Å²) < 4.78 is 0. The van der Waals surface area contributed by atoms with Crippen LogP contribution in [0.4, 0.5) is 5.69 Å². The first kappa shape index (κ1) is 28.7. The normalized spacial score (nSPS) is 22.4. The minimum atomic E-state index is 0.371. The number of nitrogens with zero attached hydrogens (tertiary/aromatic N) is 5. The first-order chi connectivity index (χ1) is 23.6. The maximum atomic E-state index is 7.38. The molecule has 0 amide bonds. The van der Waals surface area contributed by atoms with Crippen LogP contribution < -0.4 is 0 Å². The van der Waals surface area contributed by atoms with Crippen LogP contribution in [-0.4, -0.2) is 19.9 Å². The van der Waals surface area contributed by atoms with Gasteiger partial charge in [-0.05, 0) is 109 Å². The third kappa shape index (κ3) is 5.28. The molecule has 4 aromatic carbocycles. The van der Waals surface area contributed by atoms with Gasteiger partial charge in [-0.1, -0.05) is 84.9 Å². The molecule has 0 radical (unpaired) electrons. The molecule has 0 spiro atoms. The number of hydrogen-bond donors (Lipinski definition) is 0. The Morgan fingerprint density at radius 1 is 0.521 bits per heavy atom. The molecule has 0 atom stereocenters. The lowest BCUT2D eigenvalue weighted by Crippen LogP contribution is -2.48. The lowest BCUT2D eigenvalue weighted by atomic mass is 9.48. The summed E-state index contributed by atoms with van der Waals surface area (Å²) in [4.78, 5) is 23.2. The van der Waals surface area contributed by atoms with Gasteiger partial charge in [-0.2, -0.15) is 0 Å². The molecule has 2 heterocycles. The number of pyridine rings is 1. The third-order valence-corrected chi connectivity index (χ3v) is 10.9. The average molecular weight is 622 g/mol. The fourth-order valence-electron chi connectivity index (χ4n) is 9.12. The standard InChI is InChI=1S/C43H35N5/c1-44-38-16-12-33(13-17-38)41-46-40(32-7-3-2-4-8-32)47-42(48-41)36-23-34(22-35(24-36)39-9-5-6-18-45-39)31-10-14-37(15-11-31)43-25-28-19-29(26-43)21-30(20-28)27-43/h2-18,22-24,28-30H,19-21,25-27H2. The molecule has 4 aliphatic carbocycles. The van der Waals surface area contributed by atoms with Crippen molar-refractivity contribution >= 4 is 5.69 Å². The van der Waals surface area contributed by atoms with Gasteiger partial charge in [-0.3, -0.25) is 4.98 Å². The van der Waals surface area contributed by atoms with E-state index in [1.54, 1.807) is 12.1 Å². The minimum Gasteiger partial charge on any atom is -0.256 e. The van der Waals surface area contributed by atoms with Gasteiger partial charge in [-0.25, -0.2) is 19.8 Å². The minimum absolute atomic E-state index is 0.371. The number of rotatable bonds is 6. The van der Waals surface area contributed by atoms with Crippen molar-refractivity contribution in [3.8, 4) is 56.5 Å². The zero-order valence-electron chi connectivity index (χ0n) is 26.8. The van der Waals surface area contributed by atoms with Gasteiger partial charge in [0.1, 0.15) is 0 Å². The molecule has 0 N–H and O–H groups in total. The van der Waals surface area contributed by atoms with E-state index in [2.05, 4.69) is 47.3 Å². The number of benzene rings is 4. The van der Waals surface area contributed by atoms with E-state index in [0.29, 0.717) is 28.6 Å². The van der Waals surface area contributed by atoms with Crippen molar-refractivity contribution in [3.05, 3.63) is 138 Å². The first-order valence-corrected chi connectivity index (χ1v) is 17.1. The Morgan fingerprint density at radius 2 is 1.06 bits per heavy atom. The molecule has 5 heteroatoms. The summed E-state index contributed by atoms with van der Waals surface area (Å²) in [6.45, 7) is 7.38. The van der Waals surface area contributed by atoms with Crippen molar-refractivity contribution in [1.29, 1.82) is 0 Å². The van der Waals surface area contributed by atoms with Crippen molar-refractivity contribution < 1.29 is 0 Å². The zero-order valence-corrected chi connectivity index (χ0v) is 26.8. The molecule has 6 aromatic rings. The number of aromatic nitrogens is 4. The van der Waals surface area contributed by atoms with Crippen LogP contribution in [0.3, 0.4) is 0 Å². The highest BCUT2D eigenvalue weighted by Gasteiger charge is 2.51. The largest absolute Gasteiger partial charge is 0.256 e. The molecule has 232 valence electrons. The van der Waals surface area contributed by atoms with Crippen molar-refractivity contribution in [1.82, 2.24) is 19.9 Å². The predicted molar refractivity (Wildman–Crippen MR) is 191 cm³/mol. The lowest BCUT2D eigenvalue weighted by Gasteiger charge is -2.57. The quantitative estimate of drug-likeness (QED) is 0.174. The molecular weight excluding hydrogens is 587 g/mol. The molecular formula is C43H35N5. The maximum absolute atomic E-state index is 7.38. The summed E-state index contributed by atoms with van der Waals surface area (Å²) in [6.07, 6.45) is 10.3. The second kappa shape index (κ2) is 11.6. The molecule has 4 saturated carbocycles. The van der Waals surface area contributed by atoms with Gasteiger partial charge in [0, 0.05) is 28.5 Å². The predicted octanol–water partition coefficient (Wildman–Crippen LogP) is 10.6. The molecule has 0 saturated heterocycles. The Balaban J connectivity index is 1.16. The number of hydrogen-bond acceptors (Lipinski definition) is 4. The van der Waals surface area contributed by atoms with Gasteiger partial charge in [0.2, 0.25) is 0 Å². The average Bonchev–Trinajstić information content (AvgIpc) is 3.15. The van der Waals surface area contributed by atoms with E-state index in [1.165, 1.54) is 49.7 Å². The van der Waals surface area contributed by atoms with Gasteiger partial charge < -0.3 is 0 Å². The van der Waals surface area contributed by atoms with E-state index >= 15 is 0 Å². The van der Waals surface area contributed by atoms with Crippen LogP contribution in [0.1, 0.15) is 44.1 Å². The Hall–Kier alpha value is -5.47. The smallest absolute Gasteiger partial charge is 0.187 e. The van der Waals surface area contributed by atoms with E-state index in [4.69, 9.17) is 26.5 Å². The van der Waals surface area contributed by atoms with Crippen molar-refractivity contribution in [2.45, 2.75) is 43.9 Å². The lowest BCUT2D eigenvalue weighted by molar-refractivity contribution is -0.00518. The molecule has 4 fully saturated rings. The van der Waals surface area contributed by atoms with Gasteiger partial charge >= 0.3 is 0 Å². The highest BCUT2D eigenvalue weighted by atomic mass is 15.0. The van der Waals surface area contributed by atoms with Crippen LogP contribution in [0.15, 0.2) is 121 Å². The van der Waals surface area contributed by atoms with Crippen LogP contribution in [0.5, 0.6) is 0 Å². The maximum Gasteiger partial charge on any atom is 0.187 e. The summed E-state index contributed by atoms with van der Waals surface area (Å²) in [5.41, 5.74) is 9.34. The van der Waals surface area contributed by atoms with E-state index in [9.17, 15) is 0 Å². The monoisotopic (exact) mass is 621 g/mol. The van der Waals surface area contributed by atoms with Crippen LogP contribution in [0.25, 0.3) is 61.4 Å². The van der Waals surface area contributed by atoms with Crippen molar-refractivity contribution in [2.75, 3.05) is 0 Å². The van der Waals surface area contributed by atoms with Crippen LogP contribution in [0.2, 0.25) is 0 Å². The van der Waals surface area contributed by atoms with Gasteiger partial charge in [0.15, 0.2) is 23.2 Å². The molecule has 2 aromatic heterocycles. The van der Waals surface area contributed by atoms with Gasteiger partial charge in [0.25, 0.3) is 0 Å². The summed E-state index contributed by atoms with van der Waals surface area (Å²) in [6, 6.07) is 39.5. The fourth-order valence-corrected chi connectivity index (χ4v) is 9.12. The highest BCUT2D eigenvalue weighted by Crippen LogP contribution is 2.60. The van der Waals surface area contributed by atoms with Gasteiger partial charge in [-0.15, -0.1) is 0 Å². The second-order valence-corrected chi connectivity index (χ2v) is 14.1. The summed E-state index contributed by atoms with van der Waals surface area (Å²) in [5, 5.41) is 0. The zero-order chi connectivity index (χ0) is 32.1. The Bertz CT molecular complexity index is 2110. The van der Waals surface area contributed by atoms with Crippen LogP contribution in [0, 0.1) is 24.3 Å². The van der Waals surface area contributed by atoms with Crippen molar-refractivity contribution in [3.63, 3.8) is 0 Å². The topological polar surface area (TPSA) is 55.9 Å². The molecule has 0 aliphatic heterocycles. The Labute approximate surface area is 281 Å². The van der Waals surface area contributed by atoms with E-state index < -0.39 is 0 Å². The fraction of sp³-hybridized carbons (Fsp3) is 0.233. The summed E-state index contributed by atoms with van der Waals surface area (Å²) in [7, 11) is 0. The molecule has 5 nitrogen and oxygen atoms in total. The van der Waals surface area contributed by atoms with E-state index in [-0.39, 0.29) is 0 Å². The Morgan fingerprint density at radius 3 is 1.67 bits per heavy atom. The van der Waals surface area contributed by atoms with Crippen LogP contribution in [-0.2, 0) is 5.41 Å². The molecule has 48 heavy (non-hydrogen) atoms. The molecule has 4 bridgehead atoms. The second-order valence-electron chi connectivity index (χ2n) is 14.1. The molecule has 10 rings (SSSR count). The summed E-state index contributed by atoms with van der Waals surface area (Å²) >= 11 is 0. The molecule has 0 unspecified atom stereocenters. The van der Waals surface area contributed by atoms with E-state index in [1.807, 2.05) is 66.9 Å². The highest BCUT2D eigenvalue weighted by molar-refractivity contribution is 5.79. The SMILES string of the molecule is [C-]#[N+]c1ccc(-c2nc(-c3ccccc3)nc(-c3cc(-c4ccc(C56CC7CC(CC(C7)C5)C6)cc4)cc(-c4ccccn4)c3)n2)cc1. The summed E-state index contributed by atoms with van der Waals surface area (Å²) in [5.74, 6) is 4.53. The van der Waals surface area contributed by atoms with E-state index in [0.717, 1.165) is 51.3 Å². The first-order valence-electron chi connectivity index (χ1n) is 17.1. The Kier molecular flexibility index (Phi) is 6.97. The van der Waals surface area contributed by atoms with Crippen molar-refractivity contribution in [2.24, 2.45) is 17.8 Å². The molecule has 4 aliphatic rings. The van der Waals surface area contributed by atoms with Gasteiger partial charge in [0.05, 0.1) is 12.3 Å². The third-order valence-electron chi connectivity index (χ3n) is 10.9.